The van der Waals surface area contributed by atoms with Crippen LogP contribution in [0.4, 0.5) is 0 Å². The molecule has 0 aliphatic carbocycles. The molecule has 0 bridgehead atoms. The Balaban J connectivity index is 1.74. The van der Waals surface area contributed by atoms with Crippen molar-refractivity contribution in [2.75, 3.05) is 33.4 Å². The number of hydrogen-bond donors (Lipinski definition) is 1. The normalized spacial score (nSPS) is 19.6. The number of nitrogens with one attached hydrogen (secondary N) is 1. The predicted octanol–water partition coefficient (Wildman–Crippen LogP) is 0.604. The number of hydrogen-bond acceptors (Lipinski definition) is 6. The molecule has 0 radical (unpaired) electrons. The number of rotatable bonds is 6. The van der Waals surface area contributed by atoms with Crippen LogP contribution in [0.5, 0.6) is 5.75 Å². The summed E-state index contributed by atoms with van der Waals surface area (Å²) in [5, 5.41) is 2.45. The smallest absolute Gasteiger partial charge is 0.325 e. The molecule has 1 aromatic rings. The third-order valence-electron chi connectivity index (χ3n) is 3.85. The number of morpholine rings is 1. The van der Waals surface area contributed by atoms with Crippen LogP contribution >= 0.6 is 0 Å². The Kier molecular flexibility index (Phi) is 6.97. The Morgan fingerprint density at radius 3 is 2.58 bits per heavy atom. The maximum absolute atomic E-state index is 12.1. The van der Waals surface area contributed by atoms with Gasteiger partial charge in [0.15, 0.2) is 6.61 Å². The monoisotopic (exact) mass is 364 g/mol. The molecular weight excluding hydrogens is 340 g/mol. The van der Waals surface area contributed by atoms with E-state index in [2.05, 4.69) is 5.32 Å². The van der Waals surface area contributed by atoms with Gasteiger partial charge in [-0.2, -0.15) is 0 Å². The number of amides is 2. The van der Waals surface area contributed by atoms with Crippen molar-refractivity contribution in [2.45, 2.75) is 26.1 Å². The number of methoxy groups -OCH3 is 1. The van der Waals surface area contributed by atoms with Crippen LogP contribution in [0, 0.1) is 0 Å². The van der Waals surface area contributed by atoms with Crippen LogP contribution in [0.1, 0.15) is 24.2 Å². The van der Waals surface area contributed by atoms with Crippen molar-refractivity contribution in [1.82, 2.24) is 10.2 Å². The highest BCUT2D eigenvalue weighted by Gasteiger charge is 2.26. The molecule has 8 nitrogen and oxygen atoms in total. The number of benzene rings is 1. The van der Waals surface area contributed by atoms with Gasteiger partial charge in [-0.25, -0.2) is 0 Å². The summed E-state index contributed by atoms with van der Waals surface area (Å²) >= 11 is 0. The van der Waals surface area contributed by atoms with Crippen molar-refractivity contribution in [2.24, 2.45) is 0 Å². The molecule has 8 heteroatoms. The minimum absolute atomic E-state index is 0.0550. The first-order valence-corrected chi connectivity index (χ1v) is 8.40. The summed E-state index contributed by atoms with van der Waals surface area (Å²) in [4.78, 5) is 37.5. The first kappa shape index (κ1) is 19.7. The lowest BCUT2D eigenvalue weighted by atomic mass is 10.2. The second kappa shape index (κ2) is 9.19. The van der Waals surface area contributed by atoms with Gasteiger partial charge in [0.1, 0.15) is 12.3 Å². The van der Waals surface area contributed by atoms with Crippen molar-refractivity contribution >= 4 is 17.8 Å². The molecule has 0 aromatic heterocycles. The molecule has 2 atom stereocenters. The van der Waals surface area contributed by atoms with Crippen molar-refractivity contribution in [3.05, 3.63) is 29.8 Å². The fourth-order valence-corrected chi connectivity index (χ4v) is 2.68. The second-order valence-corrected chi connectivity index (χ2v) is 6.13. The lowest BCUT2D eigenvalue weighted by Gasteiger charge is -2.35. The van der Waals surface area contributed by atoms with Gasteiger partial charge in [0.25, 0.3) is 11.8 Å². The topological polar surface area (TPSA) is 94.2 Å². The van der Waals surface area contributed by atoms with E-state index in [4.69, 9.17) is 14.2 Å². The molecule has 1 fully saturated rings. The molecule has 0 unspecified atom stereocenters. The van der Waals surface area contributed by atoms with Gasteiger partial charge in [-0.3, -0.25) is 14.4 Å². The average Bonchev–Trinajstić information content (AvgIpc) is 2.63. The highest BCUT2D eigenvalue weighted by atomic mass is 16.5. The van der Waals surface area contributed by atoms with E-state index < -0.39 is 11.9 Å². The van der Waals surface area contributed by atoms with Crippen LogP contribution in [-0.2, 0) is 19.1 Å². The van der Waals surface area contributed by atoms with Crippen LogP contribution in [0.15, 0.2) is 24.3 Å². The summed E-state index contributed by atoms with van der Waals surface area (Å²) in [5.41, 5.74) is 0.365. The third kappa shape index (κ3) is 5.73. The van der Waals surface area contributed by atoms with Crippen LogP contribution in [0.2, 0.25) is 0 Å². The third-order valence-corrected chi connectivity index (χ3v) is 3.85. The molecule has 2 rings (SSSR count). The van der Waals surface area contributed by atoms with Gasteiger partial charge >= 0.3 is 5.97 Å². The Hall–Kier alpha value is -2.61. The Morgan fingerprint density at radius 2 is 1.92 bits per heavy atom. The molecular formula is C18H24N2O6. The Bertz CT molecular complexity index is 653. The molecule has 0 spiro atoms. The minimum Gasteiger partial charge on any atom is -0.497 e. The highest BCUT2D eigenvalue weighted by Crippen LogP contribution is 2.12. The maximum Gasteiger partial charge on any atom is 0.325 e. The van der Waals surface area contributed by atoms with Crippen molar-refractivity contribution in [3.63, 3.8) is 0 Å². The van der Waals surface area contributed by atoms with E-state index in [1.807, 2.05) is 13.8 Å². The van der Waals surface area contributed by atoms with Gasteiger partial charge in [0.2, 0.25) is 0 Å². The van der Waals surface area contributed by atoms with Crippen molar-refractivity contribution in [3.8, 4) is 5.75 Å². The quantitative estimate of drug-likeness (QED) is 0.743. The summed E-state index contributed by atoms with van der Waals surface area (Å²) < 4.78 is 15.6. The largest absolute Gasteiger partial charge is 0.497 e. The summed E-state index contributed by atoms with van der Waals surface area (Å²) in [7, 11) is 1.50. The van der Waals surface area contributed by atoms with Crippen molar-refractivity contribution in [1.29, 1.82) is 0 Å². The van der Waals surface area contributed by atoms with E-state index in [0.717, 1.165) is 0 Å². The fourth-order valence-electron chi connectivity index (χ4n) is 2.68. The first-order valence-electron chi connectivity index (χ1n) is 8.40. The van der Waals surface area contributed by atoms with Crippen LogP contribution in [0.3, 0.4) is 0 Å². The zero-order chi connectivity index (χ0) is 19.1. The molecule has 1 heterocycles. The molecule has 26 heavy (non-hydrogen) atoms. The summed E-state index contributed by atoms with van der Waals surface area (Å²) in [6.07, 6.45) is -0.110. The number of carbonyl (C=O) groups is 3. The molecule has 1 saturated heterocycles. The highest BCUT2D eigenvalue weighted by molar-refractivity contribution is 5.96. The van der Waals surface area contributed by atoms with Crippen LogP contribution < -0.4 is 10.1 Å². The van der Waals surface area contributed by atoms with Crippen LogP contribution in [0.25, 0.3) is 0 Å². The second-order valence-electron chi connectivity index (χ2n) is 6.13. The van der Waals surface area contributed by atoms with Gasteiger partial charge in [0, 0.05) is 18.7 Å². The molecule has 1 N–H and O–H groups in total. The van der Waals surface area contributed by atoms with E-state index >= 15 is 0 Å². The van der Waals surface area contributed by atoms with Crippen LogP contribution in [-0.4, -0.2) is 68.2 Å². The zero-order valence-electron chi connectivity index (χ0n) is 15.2. The van der Waals surface area contributed by atoms with Crippen molar-refractivity contribution < 1.29 is 28.6 Å². The molecule has 0 saturated carbocycles. The summed E-state index contributed by atoms with van der Waals surface area (Å²) in [6.45, 7) is 4.03. The zero-order valence-corrected chi connectivity index (χ0v) is 15.2. The van der Waals surface area contributed by atoms with Gasteiger partial charge in [-0.1, -0.05) is 6.07 Å². The van der Waals surface area contributed by atoms with Gasteiger partial charge < -0.3 is 24.4 Å². The first-order chi connectivity index (χ1) is 12.4. The summed E-state index contributed by atoms with van der Waals surface area (Å²) in [6, 6.07) is 6.55. The Labute approximate surface area is 152 Å². The average molecular weight is 364 g/mol. The van der Waals surface area contributed by atoms with Gasteiger partial charge in [0.05, 0.1) is 19.3 Å². The molecule has 1 aromatic carbocycles. The number of nitrogens with zero attached hydrogens (tertiary/aromatic N) is 1. The SMILES string of the molecule is COc1cccc(C(=O)NCC(=O)OCC(=O)N2C[C@@H](C)O[C@H](C)C2)c1. The molecule has 1 aliphatic heterocycles. The maximum atomic E-state index is 12.1. The number of esters is 1. The Morgan fingerprint density at radius 1 is 1.23 bits per heavy atom. The van der Waals surface area contributed by atoms with E-state index in [-0.39, 0.29) is 31.3 Å². The number of carbonyl (C=O) groups excluding carboxylic acids is 3. The standard InChI is InChI=1S/C18H24N2O6/c1-12-9-20(10-13(2)26-12)16(21)11-25-17(22)8-19-18(23)14-5-4-6-15(7-14)24-3/h4-7,12-13H,8-11H2,1-3H3,(H,19,23)/t12-,13-/m1/s1. The lowest BCUT2D eigenvalue weighted by molar-refractivity contribution is -0.156. The fraction of sp³-hybridized carbons (Fsp3) is 0.500. The number of ether oxygens (including phenoxy) is 3. The summed E-state index contributed by atoms with van der Waals surface area (Å²) in [5.74, 6) is -0.841. The van der Waals surface area contributed by atoms with E-state index in [1.54, 1.807) is 29.2 Å². The lowest BCUT2D eigenvalue weighted by Crippen LogP contribution is -2.49. The van der Waals surface area contributed by atoms with Gasteiger partial charge in [-0.15, -0.1) is 0 Å². The van der Waals surface area contributed by atoms with Gasteiger partial charge in [-0.05, 0) is 32.0 Å². The van der Waals surface area contributed by atoms with E-state index in [1.165, 1.54) is 7.11 Å². The van der Waals surface area contributed by atoms with E-state index in [9.17, 15) is 14.4 Å². The molecule has 142 valence electrons. The predicted molar refractivity (Wildman–Crippen MR) is 92.9 cm³/mol. The molecule has 1 aliphatic rings. The minimum atomic E-state index is -0.677. The van der Waals surface area contributed by atoms with E-state index in [0.29, 0.717) is 24.4 Å². The molecule has 2 amide bonds.